The van der Waals surface area contributed by atoms with Gasteiger partial charge in [-0.25, -0.2) is 4.39 Å². The third-order valence-corrected chi connectivity index (χ3v) is 8.45. The lowest BCUT2D eigenvalue weighted by molar-refractivity contribution is -0.134. The van der Waals surface area contributed by atoms with Crippen molar-refractivity contribution in [3.8, 4) is 11.5 Å². The summed E-state index contributed by atoms with van der Waals surface area (Å²) in [6.45, 7) is 1.50. The number of halogens is 1. The van der Waals surface area contributed by atoms with Crippen LogP contribution in [0.1, 0.15) is 48.9 Å². The maximum absolute atomic E-state index is 13.5. The third kappa shape index (κ3) is 4.27. The number of likely N-dealkylation sites (tertiary alicyclic amines) is 1. The van der Waals surface area contributed by atoms with Crippen LogP contribution >= 0.6 is 0 Å². The molecule has 7 rings (SSSR count). The fourth-order valence-electron chi connectivity index (χ4n) is 6.52. The Hall–Kier alpha value is -4.05. The van der Waals surface area contributed by atoms with E-state index in [9.17, 15) is 18.8 Å². The Morgan fingerprint density at radius 2 is 1.82 bits per heavy atom. The van der Waals surface area contributed by atoms with Gasteiger partial charge in [0.05, 0.1) is 11.3 Å². The molecule has 3 aliphatic heterocycles. The number of imide groups is 1. The van der Waals surface area contributed by atoms with Gasteiger partial charge < -0.3 is 9.47 Å². The third-order valence-electron chi connectivity index (χ3n) is 8.45. The van der Waals surface area contributed by atoms with Crippen molar-refractivity contribution in [2.75, 3.05) is 18.0 Å². The van der Waals surface area contributed by atoms with Gasteiger partial charge in [-0.1, -0.05) is 12.5 Å². The van der Waals surface area contributed by atoms with Crippen molar-refractivity contribution in [2.24, 2.45) is 0 Å². The molecule has 2 aromatic carbocycles. The van der Waals surface area contributed by atoms with E-state index in [-0.39, 0.29) is 48.7 Å². The van der Waals surface area contributed by atoms with Crippen LogP contribution < -0.4 is 19.7 Å². The second-order valence-corrected chi connectivity index (χ2v) is 11.0. The lowest BCUT2D eigenvalue weighted by atomic mass is 9.89. The Morgan fingerprint density at radius 1 is 0.975 bits per heavy atom. The van der Waals surface area contributed by atoms with Gasteiger partial charge in [-0.2, -0.15) is 0 Å². The maximum Gasteiger partial charge on any atom is 0.259 e. The van der Waals surface area contributed by atoms with Crippen LogP contribution in [-0.4, -0.2) is 65.0 Å². The Labute approximate surface area is 230 Å². The van der Waals surface area contributed by atoms with E-state index in [1.165, 1.54) is 17.0 Å². The zero-order valence-electron chi connectivity index (χ0n) is 21.8. The average molecular weight is 545 g/mol. The van der Waals surface area contributed by atoms with E-state index in [2.05, 4.69) is 15.2 Å². The number of ether oxygens (including phenoxy) is 2. The summed E-state index contributed by atoms with van der Waals surface area (Å²) in [4.78, 5) is 46.2. The number of anilines is 1. The Bertz CT molecular complexity index is 1520. The fourth-order valence-corrected chi connectivity index (χ4v) is 6.52. The molecule has 206 valence electrons. The monoisotopic (exact) mass is 544 g/mol. The molecule has 40 heavy (non-hydrogen) atoms. The van der Waals surface area contributed by atoms with Crippen LogP contribution in [0.25, 0.3) is 10.9 Å². The summed E-state index contributed by atoms with van der Waals surface area (Å²) in [6.07, 6.45) is 6.15. The number of pyridine rings is 1. The molecule has 3 aromatic rings. The van der Waals surface area contributed by atoms with E-state index in [0.717, 1.165) is 38.8 Å². The molecular weight excluding hydrogens is 515 g/mol. The summed E-state index contributed by atoms with van der Waals surface area (Å²) in [5.74, 6) is -0.204. The molecular formula is C30H29FN4O5. The molecule has 1 N–H and O–H groups in total. The smallest absolute Gasteiger partial charge is 0.259 e. The van der Waals surface area contributed by atoms with Crippen LogP contribution in [0, 0.1) is 5.82 Å². The number of rotatable bonds is 6. The van der Waals surface area contributed by atoms with Gasteiger partial charge >= 0.3 is 0 Å². The van der Waals surface area contributed by atoms with Gasteiger partial charge in [-0.05, 0) is 56.0 Å². The SMILES string of the molecule is O=C1CCC(N2C(=O)c3ccc(O[C@@H]4CCCC[C@H]4N4CC(Oc5cccc(F)c5)C4)c4nccc2c34)C(=O)N1. The molecule has 3 fully saturated rings. The van der Waals surface area contributed by atoms with Crippen molar-refractivity contribution in [3.05, 3.63) is 60.0 Å². The van der Waals surface area contributed by atoms with Crippen LogP contribution in [0.5, 0.6) is 11.5 Å². The maximum atomic E-state index is 13.5. The van der Waals surface area contributed by atoms with Gasteiger partial charge in [0.2, 0.25) is 11.8 Å². The Morgan fingerprint density at radius 3 is 2.65 bits per heavy atom. The molecule has 0 bridgehead atoms. The number of amides is 3. The number of nitrogens with one attached hydrogen (secondary N) is 1. The van der Waals surface area contributed by atoms with E-state index in [1.807, 2.05) is 0 Å². The van der Waals surface area contributed by atoms with Gasteiger partial charge in [-0.15, -0.1) is 0 Å². The van der Waals surface area contributed by atoms with Crippen molar-refractivity contribution in [1.82, 2.24) is 15.2 Å². The average Bonchev–Trinajstić information content (AvgIpc) is 3.20. The van der Waals surface area contributed by atoms with Crippen LogP contribution in [-0.2, 0) is 9.59 Å². The lowest BCUT2D eigenvalue weighted by Gasteiger charge is -2.47. The van der Waals surface area contributed by atoms with Crippen LogP contribution in [0.3, 0.4) is 0 Å². The van der Waals surface area contributed by atoms with E-state index in [1.54, 1.807) is 36.5 Å². The Balaban J connectivity index is 1.10. The van der Waals surface area contributed by atoms with E-state index in [4.69, 9.17) is 9.47 Å². The second-order valence-electron chi connectivity index (χ2n) is 11.0. The highest BCUT2D eigenvalue weighted by Gasteiger charge is 2.43. The van der Waals surface area contributed by atoms with Gasteiger partial charge in [0.15, 0.2) is 0 Å². The fraction of sp³-hybridized carbons (Fsp3) is 0.400. The predicted octanol–water partition coefficient (Wildman–Crippen LogP) is 3.59. The molecule has 2 saturated heterocycles. The topological polar surface area (TPSA) is 101 Å². The lowest BCUT2D eigenvalue weighted by Crippen LogP contribution is -2.62. The summed E-state index contributed by atoms with van der Waals surface area (Å²) in [5, 5.41) is 3.03. The summed E-state index contributed by atoms with van der Waals surface area (Å²) in [7, 11) is 0. The highest BCUT2D eigenvalue weighted by molar-refractivity contribution is 6.27. The van der Waals surface area contributed by atoms with Crippen molar-refractivity contribution < 1.29 is 28.2 Å². The first-order valence-electron chi connectivity index (χ1n) is 13.9. The van der Waals surface area contributed by atoms with E-state index in [0.29, 0.717) is 33.7 Å². The van der Waals surface area contributed by atoms with E-state index >= 15 is 0 Å². The molecule has 4 heterocycles. The van der Waals surface area contributed by atoms with Crippen LogP contribution in [0.4, 0.5) is 10.1 Å². The standard InChI is InChI=1S/C30H29FN4O5/c31-17-4-3-5-18(14-17)39-19-15-34(16-19)21-6-1-2-7-24(21)40-25-10-8-20-27-22(12-13-32-28(25)27)35(30(20)38)23-9-11-26(36)33-29(23)37/h3-5,8,10,12-14,19,21,23-24H,1-2,6-7,9,11,15-16H2,(H,33,36,37)/t21-,23?,24-/m1/s1. The van der Waals surface area contributed by atoms with Crippen LogP contribution in [0.2, 0.25) is 0 Å². The highest BCUT2D eigenvalue weighted by atomic mass is 19.1. The zero-order valence-corrected chi connectivity index (χ0v) is 21.8. The zero-order chi connectivity index (χ0) is 27.4. The van der Waals surface area contributed by atoms with Crippen molar-refractivity contribution in [3.63, 3.8) is 0 Å². The first-order valence-corrected chi connectivity index (χ1v) is 13.9. The summed E-state index contributed by atoms with van der Waals surface area (Å²) in [6, 6.07) is 11.0. The summed E-state index contributed by atoms with van der Waals surface area (Å²) < 4.78 is 26.1. The molecule has 3 atom stereocenters. The first-order chi connectivity index (χ1) is 19.5. The number of carbonyl (C=O) groups excluding carboxylic acids is 3. The normalized spacial score (nSPS) is 25.2. The van der Waals surface area contributed by atoms with Crippen LogP contribution in [0.15, 0.2) is 48.7 Å². The number of hydrogen-bond acceptors (Lipinski definition) is 7. The minimum atomic E-state index is -0.746. The number of benzene rings is 2. The molecule has 1 unspecified atom stereocenters. The number of aromatic nitrogens is 1. The number of nitrogens with zero attached hydrogens (tertiary/aromatic N) is 3. The van der Waals surface area contributed by atoms with Crippen molar-refractivity contribution >= 4 is 34.3 Å². The number of piperidine rings is 1. The molecule has 3 amide bonds. The molecule has 10 heteroatoms. The number of hydrogen-bond donors (Lipinski definition) is 1. The van der Waals surface area contributed by atoms with Gasteiger partial charge in [0.1, 0.15) is 41.1 Å². The molecule has 1 aromatic heterocycles. The second kappa shape index (κ2) is 9.85. The van der Waals surface area contributed by atoms with Crippen molar-refractivity contribution in [2.45, 2.75) is 62.8 Å². The van der Waals surface area contributed by atoms with Gasteiger partial charge in [-0.3, -0.25) is 34.5 Å². The van der Waals surface area contributed by atoms with E-state index < -0.39 is 11.9 Å². The Kier molecular flexibility index (Phi) is 6.14. The molecule has 1 saturated carbocycles. The molecule has 1 aliphatic carbocycles. The summed E-state index contributed by atoms with van der Waals surface area (Å²) in [5.41, 5.74) is 1.69. The van der Waals surface area contributed by atoms with Gasteiger partial charge in [0.25, 0.3) is 5.91 Å². The van der Waals surface area contributed by atoms with Crippen molar-refractivity contribution in [1.29, 1.82) is 0 Å². The predicted molar refractivity (Wildman–Crippen MR) is 144 cm³/mol. The first kappa shape index (κ1) is 25.0. The minimum absolute atomic E-state index is 0.00657. The molecule has 4 aliphatic rings. The van der Waals surface area contributed by atoms with Gasteiger partial charge in [0, 0.05) is 43.2 Å². The minimum Gasteiger partial charge on any atom is -0.488 e. The molecule has 9 nitrogen and oxygen atoms in total. The quantitative estimate of drug-likeness (QED) is 0.474. The largest absolute Gasteiger partial charge is 0.488 e. The highest BCUT2D eigenvalue weighted by Crippen LogP contribution is 2.43. The molecule has 0 spiro atoms. The summed E-state index contributed by atoms with van der Waals surface area (Å²) >= 11 is 0. The number of carbonyl (C=O) groups is 3. The molecule has 0 radical (unpaired) electrons.